The van der Waals surface area contributed by atoms with Gasteiger partial charge in [0.15, 0.2) is 0 Å². The van der Waals surface area contributed by atoms with Gasteiger partial charge in [0.05, 0.1) is 10.6 Å². The molecule has 25 heavy (non-hydrogen) atoms. The first kappa shape index (κ1) is 16.3. The molecule has 2 aromatic carbocycles. The first-order valence-corrected chi connectivity index (χ1v) is 9.56. The summed E-state index contributed by atoms with van der Waals surface area (Å²) in [5.74, 6) is -1.11. The SMILES string of the molecule is O=C([O-])Cc1sc(-c2cc3ccccc3s2)nc1-c1ccc(Cl)cc1. The molecule has 0 aliphatic heterocycles. The number of benzene rings is 2. The quantitative estimate of drug-likeness (QED) is 0.515. The van der Waals surface area contributed by atoms with Crippen molar-refractivity contribution < 1.29 is 9.90 Å². The van der Waals surface area contributed by atoms with Gasteiger partial charge in [-0.1, -0.05) is 41.9 Å². The predicted molar refractivity (Wildman–Crippen MR) is 102 cm³/mol. The van der Waals surface area contributed by atoms with E-state index >= 15 is 0 Å². The standard InChI is InChI=1S/C19H12ClNO2S2/c20-13-7-5-11(6-8-13)18-15(10-17(22)23)25-19(21-18)16-9-12-3-1-2-4-14(12)24-16/h1-9H,10H2,(H,22,23)/p-1. The van der Waals surface area contributed by atoms with Crippen LogP contribution in [0.15, 0.2) is 54.6 Å². The second-order valence-corrected chi connectivity index (χ2v) is 8.10. The third-order valence-corrected chi connectivity index (χ3v) is 6.35. The second-order valence-electron chi connectivity index (χ2n) is 5.49. The van der Waals surface area contributed by atoms with Crippen molar-refractivity contribution in [2.75, 3.05) is 0 Å². The van der Waals surface area contributed by atoms with Crippen molar-refractivity contribution in [1.82, 2.24) is 4.98 Å². The number of halogens is 1. The number of carboxylic acids is 1. The Hall–Kier alpha value is -2.21. The van der Waals surface area contributed by atoms with Gasteiger partial charge in [-0.05, 0) is 29.7 Å². The molecule has 2 heterocycles. The minimum Gasteiger partial charge on any atom is -0.550 e. The van der Waals surface area contributed by atoms with Crippen LogP contribution in [0.4, 0.5) is 0 Å². The number of aromatic nitrogens is 1. The van der Waals surface area contributed by atoms with Gasteiger partial charge in [-0.2, -0.15) is 0 Å². The number of hydrogen-bond donors (Lipinski definition) is 0. The fraction of sp³-hybridized carbons (Fsp3) is 0.0526. The van der Waals surface area contributed by atoms with E-state index in [9.17, 15) is 9.90 Å². The van der Waals surface area contributed by atoms with E-state index in [1.165, 1.54) is 16.0 Å². The Morgan fingerprint density at radius 3 is 2.56 bits per heavy atom. The first-order chi connectivity index (χ1) is 12.1. The van der Waals surface area contributed by atoms with E-state index in [-0.39, 0.29) is 6.42 Å². The largest absolute Gasteiger partial charge is 0.550 e. The van der Waals surface area contributed by atoms with Gasteiger partial charge in [-0.15, -0.1) is 22.7 Å². The molecule has 0 radical (unpaired) electrons. The van der Waals surface area contributed by atoms with E-state index in [1.54, 1.807) is 23.5 Å². The van der Waals surface area contributed by atoms with Gasteiger partial charge in [0.2, 0.25) is 0 Å². The summed E-state index contributed by atoms with van der Waals surface area (Å²) in [6, 6.07) is 17.5. The molecule has 0 aliphatic carbocycles. The lowest BCUT2D eigenvalue weighted by Crippen LogP contribution is -2.24. The van der Waals surface area contributed by atoms with Gasteiger partial charge in [0, 0.05) is 32.6 Å². The van der Waals surface area contributed by atoms with Gasteiger partial charge >= 0.3 is 0 Å². The fourth-order valence-electron chi connectivity index (χ4n) is 2.63. The molecule has 0 aliphatic rings. The van der Waals surface area contributed by atoms with E-state index in [0.717, 1.165) is 20.8 Å². The minimum atomic E-state index is -1.11. The van der Waals surface area contributed by atoms with Crippen molar-refractivity contribution in [2.24, 2.45) is 0 Å². The maximum atomic E-state index is 11.1. The monoisotopic (exact) mass is 384 g/mol. The number of rotatable bonds is 4. The maximum absolute atomic E-state index is 11.1. The van der Waals surface area contributed by atoms with Gasteiger partial charge in [0.25, 0.3) is 0 Å². The average molecular weight is 385 g/mol. The molecular weight excluding hydrogens is 374 g/mol. The van der Waals surface area contributed by atoms with E-state index < -0.39 is 5.97 Å². The lowest BCUT2D eigenvalue weighted by atomic mass is 10.1. The summed E-state index contributed by atoms with van der Waals surface area (Å²) in [5, 5.41) is 13.8. The summed E-state index contributed by atoms with van der Waals surface area (Å²) < 4.78 is 1.18. The fourth-order valence-corrected chi connectivity index (χ4v) is 4.93. The maximum Gasteiger partial charge on any atom is 0.134 e. The predicted octanol–water partition coefficient (Wildman–Crippen LogP) is 4.64. The Bertz CT molecular complexity index is 1030. The van der Waals surface area contributed by atoms with Gasteiger partial charge in [-0.25, -0.2) is 4.98 Å². The molecular formula is C19H11ClNO2S2-. The van der Waals surface area contributed by atoms with Crippen molar-refractivity contribution in [2.45, 2.75) is 6.42 Å². The summed E-state index contributed by atoms with van der Waals surface area (Å²) in [6.45, 7) is 0. The number of hydrogen-bond acceptors (Lipinski definition) is 5. The lowest BCUT2D eigenvalue weighted by Gasteiger charge is -2.03. The van der Waals surface area contributed by atoms with Gasteiger partial charge in [-0.3, -0.25) is 0 Å². The molecule has 3 nitrogen and oxygen atoms in total. The molecule has 0 N–H and O–H groups in total. The molecule has 0 atom stereocenters. The highest BCUT2D eigenvalue weighted by Gasteiger charge is 2.16. The second kappa shape index (κ2) is 6.59. The van der Waals surface area contributed by atoms with Crippen LogP contribution in [0, 0.1) is 0 Å². The van der Waals surface area contributed by atoms with E-state index in [1.807, 2.05) is 24.3 Å². The van der Waals surface area contributed by atoms with Crippen molar-refractivity contribution in [3.05, 3.63) is 64.5 Å². The summed E-state index contributed by atoms with van der Waals surface area (Å²) >= 11 is 9.00. The summed E-state index contributed by atoms with van der Waals surface area (Å²) in [6.07, 6.45) is -0.152. The van der Waals surface area contributed by atoms with Gasteiger partial charge in [0.1, 0.15) is 5.01 Å². The highest BCUT2D eigenvalue weighted by molar-refractivity contribution is 7.26. The zero-order valence-electron chi connectivity index (χ0n) is 12.9. The van der Waals surface area contributed by atoms with Crippen molar-refractivity contribution >= 4 is 50.3 Å². The van der Waals surface area contributed by atoms with E-state index in [2.05, 4.69) is 18.2 Å². The van der Waals surface area contributed by atoms with Crippen molar-refractivity contribution in [3.63, 3.8) is 0 Å². The number of carboxylic acid groups (broad SMARTS) is 1. The highest BCUT2D eigenvalue weighted by atomic mass is 35.5. The Labute approximate surface area is 157 Å². The van der Waals surface area contributed by atoms with Crippen LogP contribution in [0.25, 0.3) is 31.2 Å². The number of fused-ring (bicyclic) bond motifs is 1. The van der Waals surface area contributed by atoms with Crippen LogP contribution in [0.5, 0.6) is 0 Å². The summed E-state index contributed by atoms with van der Waals surface area (Å²) in [5.41, 5.74) is 1.53. The number of thiazole rings is 1. The van der Waals surface area contributed by atoms with Crippen LogP contribution < -0.4 is 5.11 Å². The molecule has 2 aromatic heterocycles. The zero-order valence-corrected chi connectivity index (χ0v) is 15.3. The average Bonchev–Trinajstić information content (AvgIpc) is 3.19. The number of aliphatic carboxylic acids is 1. The molecule has 124 valence electrons. The first-order valence-electron chi connectivity index (χ1n) is 7.54. The summed E-state index contributed by atoms with van der Waals surface area (Å²) in [7, 11) is 0. The Kier molecular flexibility index (Phi) is 4.29. The molecule has 0 saturated carbocycles. The van der Waals surface area contributed by atoms with Crippen molar-refractivity contribution in [3.8, 4) is 21.1 Å². The Morgan fingerprint density at radius 2 is 1.84 bits per heavy atom. The van der Waals surface area contributed by atoms with Gasteiger partial charge < -0.3 is 9.90 Å². The van der Waals surface area contributed by atoms with E-state index in [0.29, 0.717) is 15.6 Å². The summed E-state index contributed by atoms with van der Waals surface area (Å²) in [4.78, 5) is 17.6. The van der Waals surface area contributed by atoms with Crippen LogP contribution >= 0.6 is 34.3 Å². The highest BCUT2D eigenvalue weighted by Crippen LogP contribution is 2.39. The molecule has 6 heteroatoms. The molecule has 0 bridgehead atoms. The molecule has 0 amide bonds. The molecule has 0 spiro atoms. The van der Waals surface area contributed by atoms with Crippen LogP contribution in [0.1, 0.15) is 4.88 Å². The normalized spacial score (nSPS) is 11.1. The smallest absolute Gasteiger partial charge is 0.134 e. The Balaban J connectivity index is 1.83. The molecule has 4 rings (SSSR count). The molecule has 0 saturated heterocycles. The number of thiophene rings is 1. The number of carbonyl (C=O) groups excluding carboxylic acids is 1. The Morgan fingerprint density at radius 1 is 1.08 bits per heavy atom. The topological polar surface area (TPSA) is 53.0 Å². The molecule has 4 aromatic rings. The molecule has 0 unspecified atom stereocenters. The lowest BCUT2D eigenvalue weighted by molar-refractivity contribution is -0.304. The zero-order chi connectivity index (χ0) is 17.4. The molecule has 0 fully saturated rings. The van der Waals surface area contributed by atoms with Crippen LogP contribution in [-0.2, 0) is 11.2 Å². The van der Waals surface area contributed by atoms with E-state index in [4.69, 9.17) is 16.6 Å². The van der Waals surface area contributed by atoms with Crippen molar-refractivity contribution in [1.29, 1.82) is 0 Å². The van der Waals surface area contributed by atoms with Crippen LogP contribution in [-0.4, -0.2) is 11.0 Å². The third kappa shape index (κ3) is 3.31. The van der Waals surface area contributed by atoms with Crippen LogP contribution in [0.3, 0.4) is 0 Å². The third-order valence-electron chi connectivity index (χ3n) is 3.76. The minimum absolute atomic E-state index is 0.152. The number of carbonyl (C=O) groups is 1. The number of nitrogens with zero attached hydrogens (tertiary/aromatic N) is 1. The van der Waals surface area contributed by atoms with Crippen LogP contribution in [0.2, 0.25) is 5.02 Å².